The standard InChI is InChI=1S/C18H18Cl3N3O2/c1-11(18(26)22-14-8-12(19)7-13(20)9-14)24(2)10-17(25)23-16-6-4-3-5-15(16)21/h3-9,11H,10H2,1-2H3,(H,22,26)(H,23,25)/t11-/m1/s1. The number of carbonyl (C=O) groups excluding carboxylic acids is 2. The molecule has 8 heteroatoms. The number of likely N-dealkylation sites (N-methyl/N-ethyl adjacent to an activating group) is 1. The zero-order valence-electron chi connectivity index (χ0n) is 14.2. The first-order valence-electron chi connectivity index (χ1n) is 7.78. The number of hydrogen-bond donors (Lipinski definition) is 2. The number of anilines is 2. The number of amides is 2. The number of nitrogens with one attached hydrogen (secondary N) is 2. The van der Waals surface area contributed by atoms with Gasteiger partial charge in [-0.1, -0.05) is 46.9 Å². The molecular formula is C18H18Cl3N3O2. The average Bonchev–Trinajstić information content (AvgIpc) is 2.55. The van der Waals surface area contributed by atoms with E-state index in [0.717, 1.165) is 0 Å². The molecule has 0 bridgehead atoms. The Bertz CT molecular complexity index is 794. The molecule has 0 aliphatic heterocycles. The van der Waals surface area contributed by atoms with Crippen LogP contribution in [0.5, 0.6) is 0 Å². The molecule has 0 heterocycles. The van der Waals surface area contributed by atoms with Crippen molar-refractivity contribution in [3.05, 3.63) is 57.5 Å². The molecule has 2 N–H and O–H groups in total. The van der Waals surface area contributed by atoms with Crippen molar-refractivity contribution in [1.82, 2.24) is 4.90 Å². The maximum absolute atomic E-state index is 12.4. The largest absolute Gasteiger partial charge is 0.325 e. The Hall–Kier alpha value is -1.79. The van der Waals surface area contributed by atoms with E-state index in [1.807, 2.05) is 0 Å². The molecule has 2 aromatic carbocycles. The topological polar surface area (TPSA) is 61.4 Å². The second-order valence-corrected chi connectivity index (χ2v) is 7.05. The zero-order chi connectivity index (χ0) is 19.3. The van der Waals surface area contributed by atoms with Crippen molar-refractivity contribution < 1.29 is 9.59 Å². The van der Waals surface area contributed by atoms with E-state index in [-0.39, 0.29) is 18.4 Å². The molecule has 0 aromatic heterocycles. The quantitative estimate of drug-likeness (QED) is 0.729. The third kappa shape index (κ3) is 5.88. The Balaban J connectivity index is 1.93. The van der Waals surface area contributed by atoms with Crippen molar-refractivity contribution in [2.75, 3.05) is 24.2 Å². The van der Waals surface area contributed by atoms with Crippen LogP contribution >= 0.6 is 34.8 Å². The summed E-state index contributed by atoms with van der Waals surface area (Å²) in [7, 11) is 1.68. The lowest BCUT2D eigenvalue weighted by molar-refractivity contribution is -0.122. The van der Waals surface area contributed by atoms with Crippen LogP contribution in [0.4, 0.5) is 11.4 Å². The van der Waals surface area contributed by atoms with Crippen LogP contribution in [0.25, 0.3) is 0 Å². The molecule has 0 fully saturated rings. The van der Waals surface area contributed by atoms with Gasteiger partial charge in [0, 0.05) is 15.7 Å². The Morgan fingerprint density at radius 1 is 1.04 bits per heavy atom. The van der Waals surface area contributed by atoms with Crippen molar-refractivity contribution in [1.29, 1.82) is 0 Å². The third-order valence-corrected chi connectivity index (χ3v) is 4.48. The van der Waals surface area contributed by atoms with Gasteiger partial charge in [-0.25, -0.2) is 0 Å². The van der Waals surface area contributed by atoms with Crippen LogP contribution in [0, 0.1) is 0 Å². The van der Waals surface area contributed by atoms with Gasteiger partial charge in [0.1, 0.15) is 0 Å². The van der Waals surface area contributed by atoms with Gasteiger partial charge in [-0.15, -0.1) is 0 Å². The predicted molar refractivity (Wildman–Crippen MR) is 107 cm³/mol. The van der Waals surface area contributed by atoms with E-state index in [2.05, 4.69) is 10.6 Å². The Morgan fingerprint density at radius 2 is 1.65 bits per heavy atom. The third-order valence-electron chi connectivity index (χ3n) is 3.71. The van der Waals surface area contributed by atoms with E-state index in [1.54, 1.807) is 61.3 Å². The number of carbonyl (C=O) groups is 2. The molecule has 0 saturated carbocycles. The molecule has 26 heavy (non-hydrogen) atoms. The summed E-state index contributed by atoms with van der Waals surface area (Å²) in [6.07, 6.45) is 0. The molecule has 0 aliphatic carbocycles. The number of hydrogen-bond acceptors (Lipinski definition) is 3. The zero-order valence-corrected chi connectivity index (χ0v) is 16.5. The number of benzene rings is 2. The van der Waals surface area contributed by atoms with Gasteiger partial charge in [0.25, 0.3) is 0 Å². The molecule has 0 saturated heterocycles. The maximum atomic E-state index is 12.4. The normalized spacial score (nSPS) is 11.9. The van der Waals surface area contributed by atoms with Crippen molar-refractivity contribution in [3.8, 4) is 0 Å². The highest BCUT2D eigenvalue weighted by molar-refractivity contribution is 6.35. The summed E-state index contributed by atoms with van der Waals surface area (Å²) in [5.41, 5.74) is 1.02. The molecule has 0 aliphatic rings. The molecule has 0 radical (unpaired) electrons. The minimum absolute atomic E-state index is 0.0239. The van der Waals surface area contributed by atoms with Gasteiger partial charge in [-0.05, 0) is 44.3 Å². The molecule has 1 atom stereocenters. The monoisotopic (exact) mass is 413 g/mol. The first kappa shape index (κ1) is 20.5. The molecule has 0 spiro atoms. The minimum Gasteiger partial charge on any atom is -0.325 e. The van der Waals surface area contributed by atoms with E-state index in [0.29, 0.717) is 26.4 Å². The lowest BCUT2D eigenvalue weighted by atomic mass is 10.2. The van der Waals surface area contributed by atoms with Crippen molar-refractivity contribution in [2.45, 2.75) is 13.0 Å². The predicted octanol–water partition coefficient (Wildman–Crippen LogP) is 4.54. The average molecular weight is 415 g/mol. The highest BCUT2D eigenvalue weighted by Crippen LogP contribution is 2.23. The summed E-state index contributed by atoms with van der Waals surface area (Å²) in [6, 6.07) is 11.2. The number of para-hydroxylation sites is 1. The fraction of sp³-hybridized carbons (Fsp3) is 0.222. The van der Waals surface area contributed by atoms with E-state index < -0.39 is 6.04 Å². The van der Waals surface area contributed by atoms with Gasteiger partial charge < -0.3 is 10.6 Å². The molecule has 0 unspecified atom stereocenters. The number of halogens is 3. The summed E-state index contributed by atoms with van der Waals surface area (Å²) in [5.74, 6) is -0.553. The van der Waals surface area contributed by atoms with Crippen molar-refractivity contribution in [3.63, 3.8) is 0 Å². The van der Waals surface area contributed by atoms with E-state index in [9.17, 15) is 9.59 Å². The summed E-state index contributed by atoms with van der Waals surface area (Å²) in [6.45, 7) is 1.72. The first-order valence-corrected chi connectivity index (χ1v) is 8.91. The van der Waals surface area contributed by atoms with Crippen molar-refractivity contribution >= 4 is 58.0 Å². The van der Waals surface area contributed by atoms with Crippen LogP contribution in [0.2, 0.25) is 15.1 Å². The molecule has 2 rings (SSSR count). The van der Waals surface area contributed by atoms with Gasteiger partial charge >= 0.3 is 0 Å². The number of rotatable bonds is 6. The maximum Gasteiger partial charge on any atom is 0.241 e. The fourth-order valence-electron chi connectivity index (χ4n) is 2.19. The van der Waals surface area contributed by atoms with E-state index in [4.69, 9.17) is 34.8 Å². The van der Waals surface area contributed by atoms with Gasteiger partial charge in [-0.3, -0.25) is 14.5 Å². The van der Waals surface area contributed by atoms with Crippen LogP contribution in [0.1, 0.15) is 6.92 Å². The van der Waals surface area contributed by atoms with E-state index in [1.165, 1.54) is 0 Å². The molecule has 2 aromatic rings. The summed E-state index contributed by atoms with van der Waals surface area (Å²) < 4.78 is 0. The highest BCUT2D eigenvalue weighted by Gasteiger charge is 2.20. The molecular weight excluding hydrogens is 397 g/mol. The Kier molecular flexibility index (Phi) is 7.29. The van der Waals surface area contributed by atoms with Crippen LogP contribution < -0.4 is 10.6 Å². The van der Waals surface area contributed by atoms with Crippen LogP contribution in [0.15, 0.2) is 42.5 Å². The first-order chi connectivity index (χ1) is 12.3. The molecule has 2 amide bonds. The van der Waals surface area contributed by atoms with Gasteiger partial charge in [-0.2, -0.15) is 0 Å². The van der Waals surface area contributed by atoms with Crippen LogP contribution in [0.3, 0.4) is 0 Å². The van der Waals surface area contributed by atoms with E-state index >= 15 is 0 Å². The SMILES string of the molecule is C[C@H](C(=O)Nc1cc(Cl)cc(Cl)c1)N(C)CC(=O)Nc1ccccc1Cl. The fourth-order valence-corrected chi connectivity index (χ4v) is 2.90. The second-order valence-electron chi connectivity index (χ2n) is 5.77. The van der Waals surface area contributed by atoms with Gasteiger partial charge in [0.15, 0.2) is 0 Å². The Labute approximate surface area is 167 Å². The molecule has 5 nitrogen and oxygen atoms in total. The summed E-state index contributed by atoms with van der Waals surface area (Å²) in [4.78, 5) is 26.2. The minimum atomic E-state index is -0.551. The lowest BCUT2D eigenvalue weighted by Gasteiger charge is -2.23. The molecule has 138 valence electrons. The Morgan fingerprint density at radius 3 is 2.27 bits per heavy atom. The number of nitrogens with zero attached hydrogens (tertiary/aromatic N) is 1. The van der Waals surface area contributed by atoms with Crippen LogP contribution in [-0.4, -0.2) is 36.3 Å². The second kappa shape index (κ2) is 9.24. The van der Waals surface area contributed by atoms with Crippen molar-refractivity contribution in [2.24, 2.45) is 0 Å². The highest BCUT2D eigenvalue weighted by atomic mass is 35.5. The van der Waals surface area contributed by atoms with Gasteiger partial charge in [0.2, 0.25) is 11.8 Å². The van der Waals surface area contributed by atoms with Crippen LogP contribution in [-0.2, 0) is 9.59 Å². The smallest absolute Gasteiger partial charge is 0.241 e. The summed E-state index contributed by atoms with van der Waals surface area (Å²) in [5, 5.41) is 6.75. The van der Waals surface area contributed by atoms with Gasteiger partial charge in [0.05, 0.1) is 23.3 Å². The lowest BCUT2D eigenvalue weighted by Crippen LogP contribution is -2.43. The summed E-state index contributed by atoms with van der Waals surface area (Å²) >= 11 is 17.9.